The summed E-state index contributed by atoms with van der Waals surface area (Å²) in [6.45, 7) is 2.45. The fourth-order valence-corrected chi connectivity index (χ4v) is 2.01. The molecule has 100 valence electrons. The predicted molar refractivity (Wildman–Crippen MR) is 80.6 cm³/mol. The van der Waals surface area contributed by atoms with Gasteiger partial charge >= 0.3 is 0 Å². The zero-order valence-corrected chi connectivity index (χ0v) is 11.2. The number of benzene rings is 1. The van der Waals surface area contributed by atoms with E-state index in [0.717, 1.165) is 28.4 Å². The van der Waals surface area contributed by atoms with Gasteiger partial charge in [0.2, 0.25) is 0 Å². The standard InChI is InChI=1S/C15H15N5/c1-11-19-13-7-3-2-6-12(13)15(20-11)18-10-17-14-8-4-5-9-16-14/h2-9H,10H2,1H3,(H,16,17)(H,18,19,20). The van der Waals surface area contributed by atoms with E-state index in [1.54, 1.807) is 6.20 Å². The number of para-hydroxylation sites is 1. The quantitative estimate of drug-likeness (QED) is 0.710. The molecular weight excluding hydrogens is 250 g/mol. The van der Waals surface area contributed by atoms with Crippen LogP contribution in [0.4, 0.5) is 11.6 Å². The maximum Gasteiger partial charge on any atom is 0.138 e. The first kappa shape index (κ1) is 12.3. The summed E-state index contributed by atoms with van der Waals surface area (Å²) >= 11 is 0. The molecule has 5 nitrogen and oxygen atoms in total. The summed E-state index contributed by atoms with van der Waals surface area (Å²) in [5.74, 6) is 2.41. The van der Waals surface area contributed by atoms with Crippen molar-refractivity contribution >= 4 is 22.5 Å². The Labute approximate surface area is 117 Å². The Morgan fingerprint density at radius 3 is 2.65 bits per heavy atom. The van der Waals surface area contributed by atoms with Crippen molar-refractivity contribution in [1.82, 2.24) is 15.0 Å². The van der Waals surface area contributed by atoms with Gasteiger partial charge in [-0.3, -0.25) is 0 Å². The molecule has 0 bridgehead atoms. The van der Waals surface area contributed by atoms with Crippen LogP contribution in [-0.2, 0) is 0 Å². The van der Waals surface area contributed by atoms with Gasteiger partial charge in [0.15, 0.2) is 0 Å². The lowest BCUT2D eigenvalue weighted by Crippen LogP contribution is -2.14. The lowest BCUT2D eigenvalue weighted by Gasteiger charge is -2.10. The van der Waals surface area contributed by atoms with E-state index in [0.29, 0.717) is 6.67 Å². The van der Waals surface area contributed by atoms with Crippen LogP contribution in [0.2, 0.25) is 0 Å². The van der Waals surface area contributed by atoms with Gasteiger partial charge in [-0.15, -0.1) is 0 Å². The highest BCUT2D eigenvalue weighted by Gasteiger charge is 2.04. The molecule has 0 atom stereocenters. The molecule has 0 amide bonds. The van der Waals surface area contributed by atoms with Crippen molar-refractivity contribution in [2.24, 2.45) is 0 Å². The molecule has 20 heavy (non-hydrogen) atoms. The highest BCUT2D eigenvalue weighted by Crippen LogP contribution is 2.19. The van der Waals surface area contributed by atoms with Crippen molar-refractivity contribution in [2.45, 2.75) is 6.92 Å². The molecule has 2 aromatic heterocycles. The summed E-state index contributed by atoms with van der Waals surface area (Å²) in [4.78, 5) is 13.1. The Hall–Kier alpha value is -2.69. The van der Waals surface area contributed by atoms with Crippen LogP contribution in [0.3, 0.4) is 0 Å². The third-order valence-corrected chi connectivity index (χ3v) is 2.91. The van der Waals surface area contributed by atoms with E-state index in [9.17, 15) is 0 Å². The van der Waals surface area contributed by atoms with Gasteiger partial charge in [0, 0.05) is 11.6 Å². The van der Waals surface area contributed by atoms with E-state index in [4.69, 9.17) is 0 Å². The Morgan fingerprint density at radius 1 is 0.950 bits per heavy atom. The SMILES string of the molecule is Cc1nc(NCNc2ccccn2)c2ccccc2n1. The molecule has 0 saturated carbocycles. The zero-order valence-electron chi connectivity index (χ0n) is 11.2. The van der Waals surface area contributed by atoms with Crippen LogP contribution in [0, 0.1) is 6.92 Å². The molecule has 2 heterocycles. The first-order valence-electron chi connectivity index (χ1n) is 6.45. The van der Waals surface area contributed by atoms with E-state index in [1.165, 1.54) is 0 Å². The van der Waals surface area contributed by atoms with Crippen molar-refractivity contribution in [2.75, 3.05) is 17.3 Å². The molecule has 0 fully saturated rings. The minimum absolute atomic E-state index is 0.553. The maximum atomic E-state index is 4.45. The number of fused-ring (bicyclic) bond motifs is 1. The summed E-state index contributed by atoms with van der Waals surface area (Å²) in [5, 5.41) is 7.48. The van der Waals surface area contributed by atoms with Gasteiger partial charge in [-0.25, -0.2) is 15.0 Å². The van der Waals surface area contributed by atoms with Crippen molar-refractivity contribution in [3.63, 3.8) is 0 Å². The third-order valence-electron chi connectivity index (χ3n) is 2.91. The fourth-order valence-electron chi connectivity index (χ4n) is 2.01. The smallest absolute Gasteiger partial charge is 0.138 e. The monoisotopic (exact) mass is 265 g/mol. The molecule has 0 aliphatic rings. The molecule has 0 aliphatic carbocycles. The minimum Gasteiger partial charge on any atom is -0.353 e. The first-order valence-corrected chi connectivity index (χ1v) is 6.45. The first-order chi connectivity index (χ1) is 9.83. The Bertz CT molecular complexity index is 712. The van der Waals surface area contributed by atoms with E-state index in [2.05, 4.69) is 25.6 Å². The summed E-state index contributed by atoms with van der Waals surface area (Å²) in [6.07, 6.45) is 1.76. The molecule has 0 unspecified atom stereocenters. The largest absolute Gasteiger partial charge is 0.353 e. The van der Waals surface area contributed by atoms with Gasteiger partial charge in [-0.2, -0.15) is 0 Å². The number of anilines is 2. The van der Waals surface area contributed by atoms with Crippen molar-refractivity contribution in [3.05, 3.63) is 54.5 Å². The number of aromatic nitrogens is 3. The maximum absolute atomic E-state index is 4.45. The molecule has 5 heteroatoms. The molecule has 2 N–H and O–H groups in total. The highest BCUT2D eigenvalue weighted by atomic mass is 15.1. The second-order valence-corrected chi connectivity index (χ2v) is 4.38. The lowest BCUT2D eigenvalue weighted by molar-refractivity contribution is 1.06. The van der Waals surface area contributed by atoms with Gasteiger partial charge < -0.3 is 10.6 Å². The minimum atomic E-state index is 0.553. The van der Waals surface area contributed by atoms with Crippen LogP contribution < -0.4 is 10.6 Å². The van der Waals surface area contributed by atoms with Crippen molar-refractivity contribution in [1.29, 1.82) is 0 Å². The molecule has 0 radical (unpaired) electrons. The van der Waals surface area contributed by atoms with Gasteiger partial charge in [-0.1, -0.05) is 18.2 Å². The number of hydrogen-bond acceptors (Lipinski definition) is 5. The average molecular weight is 265 g/mol. The summed E-state index contributed by atoms with van der Waals surface area (Å²) in [5.41, 5.74) is 0.945. The van der Waals surface area contributed by atoms with Crippen molar-refractivity contribution < 1.29 is 0 Å². The topological polar surface area (TPSA) is 62.7 Å². The fraction of sp³-hybridized carbons (Fsp3) is 0.133. The molecule has 1 aromatic carbocycles. The van der Waals surface area contributed by atoms with E-state index >= 15 is 0 Å². The van der Waals surface area contributed by atoms with Crippen LogP contribution in [0.5, 0.6) is 0 Å². The molecule has 0 spiro atoms. The van der Waals surface area contributed by atoms with Gasteiger partial charge in [0.1, 0.15) is 17.5 Å². The summed E-state index contributed by atoms with van der Waals surface area (Å²) in [7, 11) is 0. The van der Waals surface area contributed by atoms with Crippen LogP contribution in [-0.4, -0.2) is 21.6 Å². The van der Waals surface area contributed by atoms with Gasteiger partial charge in [0.05, 0.1) is 12.2 Å². The average Bonchev–Trinajstić information content (AvgIpc) is 2.48. The predicted octanol–water partition coefficient (Wildman–Crippen LogP) is 2.81. The third kappa shape index (κ3) is 2.66. The number of pyridine rings is 1. The Balaban J connectivity index is 1.77. The number of aryl methyl sites for hydroxylation is 1. The van der Waals surface area contributed by atoms with E-state index < -0.39 is 0 Å². The molecular formula is C15H15N5. The number of nitrogens with one attached hydrogen (secondary N) is 2. The molecule has 0 saturated heterocycles. The lowest BCUT2D eigenvalue weighted by atomic mass is 10.2. The summed E-state index contributed by atoms with van der Waals surface area (Å²) < 4.78 is 0. The number of nitrogens with zero attached hydrogens (tertiary/aromatic N) is 3. The molecule has 3 rings (SSSR count). The molecule has 0 aliphatic heterocycles. The number of hydrogen-bond donors (Lipinski definition) is 2. The Kier molecular flexibility index (Phi) is 3.41. The van der Waals surface area contributed by atoms with Crippen LogP contribution >= 0.6 is 0 Å². The highest BCUT2D eigenvalue weighted by molar-refractivity contribution is 5.88. The molecule has 3 aromatic rings. The summed E-state index contributed by atoms with van der Waals surface area (Å²) in [6, 6.07) is 13.7. The van der Waals surface area contributed by atoms with Gasteiger partial charge in [0.25, 0.3) is 0 Å². The second-order valence-electron chi connectivity index (χ2n) is 4.38. The van der Waals surface area contributed by atoms with Gasteiger partial charge in [-0.05, 0) is 31.2 Å². The van der Waals surface area contributed by atoms with Crippen LogP contribution in [0.25, 0.3) is 10.9 Å². The van der Waals surface area contributed by atoms with E-state index in [-0.39, 0.29) is 0 Å². The second kappa shape index (κ2) is 5.52. The Morgan fingerprint density at radius 2 is 1.80 bits per heavy atom. The van der Waals surface area contributed by atoms with E-state index in [1.807, 2.05) is 49.4 Å². The van der Waals surface area contributed by atoms with Crippen LogP contribution in [0.15, 0.2) is 48.7 Å². The van der Waals surface area contributed by atoms with Crippen molar-refractivity contribution in [3.8, 4) is 0 Å². The van der Waals surface area contributed by atoms with Crippen LogP contribution in [0.1, 0.15) is 5.82 Å². The normalized spacial score (nSPS) is 10.4. The number of rotatable bonds is 4. The zero-order chi connectivity index (χ0) is 13.8.